The molecule has 12 heteroatoms. The molecule has 3 atom stereocenters. The largest absolute Gasteiger partial charge is 0.490 e. The van der Waals surface area contributed by atoms with Crippen LogP contribution < -0.4 is 0 Å². The van der Waals surface area contributed by atoms with E-state index in [1.807, 2.05) is 0 Å². The van der Waals surface area contributed by atoms with Crippen molar-refractivity contribution >= 4 is 23.0 Å². The first-order chi connectivity index (χ1) is 15.0. The van der Waals surface area contributed by atoms with Gasteiger partial charge in [-0.2, -0.15) is 13.2 Å². The maximum Gasteiger partial charge on any atom is 0.490 e. The van der Waals surface area contributed by atoms with Gasteiger partial charge < -0.3 is 19.3 Å². The van der Waals surface area contributed by atoms with Crippen molar-refractivity contribution in [1.29, 1.82) is 0 Å². The van der Waals surface area contributed by atoms with E-state index in [9.17, 15) is 26.7 Å². The highest BCUT2D eigenvalue weighted by Crippen LogP contribution is 2.36. The van der Waals surface area contributed by atoms with E-state index in [-0.39, 0.29) is 6.10 Å². The number of esters is 1. The van der Waals surface area contributed by atoms with E-state index < -0.39 is 31.1 Å². The fourth-order valence-electron chi connectivity index (χ4n) is 4.25. The molecule has 0 aromatic carbocycles. The highest BCUT2D eigenvalue weighted by molar-refractivity contribution is 6.03. The molecular weight excluding hydrogens is 441 g/mol. The van der Waals surface area contributed by atoms with E-state index in [2.05, 4.69) is 16.9 Å². The SMILES string of the molecule is CN1[C@@H]2CC[C@H]1CC(OC(=O)c1cn(CC(F)F)c3ncccc13)C2.O=C(O)C(F)(F)F. The van der Waals surface area contributed by atoms with Gasteiger partial charge >= 0.3 is 18.1 Å². The van der Waals surface area contributed by atoms with Crippen LogP contribution in [-0.4, -0.2) is 69.3 Å². The van der Waals surface area contributed by atoms with Crippen LogP contribution in [0.3, 0.4) is 0 Å². The van der Waals surface area contributed by atoms with Crippen LogP contribution in [0.15, 0.2) is 24.5 Å². The number of carboxylic acid groups (broad SMARTS) is 1. The zero-order chi connectivity index (χ0) is 23.6. The fraction of sp³-hybridized carbons (Fsp3) is 0.550. The van der Waals surface area contributed by atoms with Gasteiger partial charge in [0.1, 0.15) is 11.8 Å². The lowest BCUT2D eigenvalue weighted by atomic mass is 10.0. The summed E-state index contributed by atoms with van der Waals surface area (Å²) in [5, 5.41) is 7.68. The lowest BCUT2D eigenvalue weighted by Crippen LogP contribution is -2.43. The Morgan fingerprint density at radius 1 is 1.25 bits per heavy atom. The number of carboxylic acids is 1. The molecule has 0 aliphatic carbocycles. The molecule has 2 aliphatic heterocycles. The van der Waals surface area contributed by atoms with Crippen LogP contribution in [0.1, 0.15) is 36.0 Å². The van der Waals surface area contributed by atoms with Crippen molar-refractivity contribution in [3.63, 3.8) is 0 Å². The normalized spacial score (nSPS) is 23.2. The van der Waals surface area contributed by atoms with E-state index in [4.69, 9.17) is 14.6 Å². The van der Waals surface area contributed by atoms with Crippen molar-refractivity contribution in [2.45, 2.75) is 63.0 Å². The number of carbonyl (C=O) groups excluding carboxylic acids is 1. The van der Waals surface area contributed by atoms with Gasteiger partial charge in [-0.3, -0.25) is 0 Å². The minimum absolute atomic E-state index is 0.105. The van der Waals surface area contributed by atoms with Crippen molar-refractivity contribution in [1.82, 2.24) is 14.5 Å². The maximum absolute atomic E-state index is 12.8. The molecule has 4 rings (SSSR count). The minimum atomic E-state index is -5.08. The number of piperidine rings is 1. The molecule has 1 unspecified atom stereocenters. The van der Waals surface area contributed by atoms with Gasteiger partial charge in [-0.1, -0.05) is 0 Å². The number of hydrogen-bond donors (Lipinski definition) is 1. The summed E-state index contributed by atoms with van der Waals surface area (Å²) in [6.07, 6.45) is -0.750. The number of pyridine rings is 1. The fourth-order valence-corrected chi connectivity index (χ4v) is 4.25. The van der Waals surface area contributed by atoms with E-state index in [0.29, 0.717) is 28.7 Å². The van der Waals surface area contributed by atoms with Crippen molar-refractivity contribution in [2.75, 3.05) is 7.05 Å². The summed E-state index contributed by atoms with van der Waals surface area (Å²) in [7, 11) is 2.13. The van der Waals surface area contributed by atoms with Crippen LogP contribution in [0, 0.1) is 0 Å². The molecule has 176 valence electrons. The minimum Gasteiger partial charge on any atom is -0.475 e. The summed E-state index contributed by atoms with van der Waals surface area (Å²) in [6.45, 7) is -0.487. The molecule has 2 saturated heterocycles. The van der Waals surface area contributed by atoms with E-state index in [0.717, 1.165) is 25.7 Å². The van der Waals surface area contributed by atoms with Crippen molar-refractivity contribution in [2.24, 2.45) is 0 Å². The summed E-state index contributed by atoms with van der Waals surface area (Å²) in [5.74, 6) is -3.20. The van der Waals surface area contributed by atoms with Gasteiger partial charge in [-0.05, 0) is 32.0 Å². The second kappa shape index (κ2) is 9.39. The van der Waals surface area contributed by atoms with Crippen LogP contribution >= 0.6 is 0 Å². The average Bonchev–Trinajstić information content (AvgIpc) is 3.14. The van der Waals surface area contributed by atoms with Gasteiger partial charge in [0.15, 0.2) is 0 Å². The number of fused-ring (bicyclic) bond motifs is 3. The predicted molar refractivity (Wildman–Crippen MR) is 102 cm³/mol. The van der Waals surface area contributed by atoms with Gasteiger partial charge in [-0.15, -0.1) is 0 Å². The first-order valence-electron chi connectivity index (χ1n) is 9.92. The molecule has 0 saturated carbocycles. The highest BCUT2D eigenvalue weighted by atomic mass is 19.4. The topological polar surface area (TPSA) is 84.7 Å². The molecule has 0 radical (unpaired) electrons. The number of halogens is 5. The van der Waals surface area contributed by atoms with Gasteiger partial charge in [-0.25, -0.2) is 23.4 Å². The molecular formula is C20H22F5N3O4. The lowest BCUT2D eigenvalue weighted by molar-refractivity contribution is -0.192. The second-order valence-electron chi connectivity index (χ2n) is 7.81. The molecule has 1 N–H and O–H groups in total. The first kappa shape index (κ1) is 23.9. The van der Waals surface area contributed by atoms with Crippen molar-refractivity contribution in [3.05, 3.63) is 30.1 Å². The molecule has 32 heavy (non-hydrogen) atoms. The zero-order valence-corrected chi connectivity index (χ0v) is 17.1. The molecule has 7 nitrogen and oxygen atoms in total. The lowest BCUT2D eigenvalue weighted by Gasteiger charge is -2.35. The van der Waals surface area contributed by atoms with Gasteiger partial charge in [0.25, 0.3) is 6.43 Å². The first-order valence-corrected chi connectivity index (χ1v) is 9.92. The number of hydrogen-bond acceptors (Lipinski definition) is 5. The molecule has 2 aromatic heterocycles. The standard InChI is InChI=1S/C18H21F2N3O2.C2HF3O2/c1-22-11-4-5-12(22)8-13(7-11)25-18(24)15-9-23(10-16(19)20)17-14(15)3-2-6-21-17;3-2(4,5)1(6)7/h2-3,6,9,11-13,16H,4-5,7-8,10H2,1H3;(H,6,7)/t11-,12+,13?;. The quantitative estimate of drug-likeness (QED) is 0.550. The summed E-state index contributed by atoms with van der Waals surface area (Å²) < 4.78 is 64.4. The van der Waals surface area contributed by atoms with Crippen LogP contribution in [-0.2, 0) is 16.1 Å². The Bertz CT molecular complexity index is 964. The Kier molecular flexibility index (Phi) is 7.01. The van der Waals surface area contributed by atoms with Gasteiger partial charge in [0, 0.05) is 42.7 Å². The van der Waals surface area contributed by atoms with Crippen molar-refractivity contribution in [3.8, 4) is 0 Å². The van der Waals surface area contributed by atoms with E-state index >= 15 is 0 Å². The van der Waals surface area contributed by atoms with Crippen LogP contribution in [0.4, 0.5) is 22.0 Å². The van der Waals surface area contributed by atoms with Crippen LogP contribution in [0.5, 0.6) is 0 Å². The summed E-state index contributed by atoms with van der Waals surface area (Å²) in [5.41, 5.74) is 0.702. The number of nitrogens with zero attached hydrogens (tertiary/aromatic N) is 3. The number of aromatic nitrogens is 2. The number of carbonyl (C=O) groups is 2. The molecule has 4 heterocycles. The monoisotopic (exact) mass is 463 g/mol. The second-order valence-corrected chi connectivity index (χ2v) is 7.81. The Morgan fingerprint density at radius 2 is 1.84 bits per heavy atom. The van der Waals surface area contributed by atoms with E-state index in [1.165, 1.54) is 17.0 Å². The van der Waals surface area contributed by atoms with Crippen LogP contribution in [0.25, 0.3) is 11.0 Å². The molecule has 2 bridgehead atoms. The summed E-state index contributed by atoms with van der Waals surface area (Å²) >= 11 is 0. The average molecular weight is 463 g/mol. The Morgan fingerprint density at radius 3 is 2.38 bits per heavy atom. The van der Waals surface area contributed by atoms with Gasteiger partial charge in [0.2, 0.25) is 0 Å². The Balaban J connectivity index is 0.000000360. The molecule has 0 spiro atoms. The number of aliphatic carboxylic acids is 1. The summed E-state index contributed by atoms with van der Waals surface area (Å²) in [6, 6.07) is 4.36. The van der Waals surface area contributed by atoms with Gasteiger partial charge in [0.05, 0.1) is 12.1 Å². The van der Waals surface area contributed by atoms with E-state index in [1.54, 1.807) is 12.1 Å². The maximum atomic E-state index is 12.8. The number of rotatable bonds is 4. The highest BCUT2D eigenvalue weighted by Gasteiger charge is 2.40. The molecule has 2 fully saturated rings. The predicted octanol–water partition coefficient (Wildman–Crippen LogP) is 3.72. The Labute approximate surface area is 179 Å². The third-order valence-electron chi connectivity index (χ3n) is 5.76. The summed E-state index contributed by atoms with van der Waals surface area (Å²) in [4.78, 5) is 28.1. The molecule has 2 aliphatic rings. The van der Waals surface area contributed by atoms with Crippen LogP contribution in [0.2, 0.25) is 0 Å². The molecule has 0 amide bonds. The third kappa shape index (κ3) is 5.34. The molecule has 2 aromatic rings. The van der Waals surface area contributed by atoms with Crippen molar-refractivity contribution < 1.29 is 41.4 Å². The number of alkyl halides is 5. The number of ether oxygens (including phenoxy) is 1. The smallest absolute Gasteiger partial charge is 0.475 e. The Hall–Kier alpha value is -2.76. The third-order valence-corrected chi connectivity index (χ3v) is 5.76. The zero-order valence-electron chi connectivity index (χ0n) is 17.1.